The molecular weight excluding hydrogens is 534 g/mol. The summed E-state index contributed by atoms with van der Waals surface area (Å²) in [6.45, 7) is 0.141. The molecule has 0 aliphatic heterocycles. The van der Waals surface area contributed by atoms with E-state index in [2.05, 4.69) is 33.4 Å². The fourth-order valence-corrected chi connectivity index (χ4v) is 6.78. The number of aliphatic carboxylic acids is 1. The molecule has 0 saturated heterocycles. The third-order valence-corrected chi connectivity index (χ3v) is 8.74. The number of amides is 1. The number of carboxylic acids is 1. The molecule has 2 aromatic carbocycles. The second kappa shape index (κ2) is 9.74. The fourth-order valence-electron chi connectivity index (χ4n) is 4.25. The molecule has 0 fully saturated rings. The van der Waals surface area contributed by atoms with Gasteiger partial charge in [0.2, 0.25) is 0 Å². The van der Waals surface area contributed by atoms with Crippen LogP contribution in [0.4, 0.5) is 4.79 Å². The molecule has 34 heavy (non-hydrogen) atoms. The van der Waals surface area contributed by atoms with Gasteiger partial charge in [-0.1, -0.05) is 48.5 Å². The van der Waals surface area contributed by atoms with E-state index in [0.717, 1.165) is 40.7 Å². The van der Waals surface area contributed by atoms with Crippen LogP contribution in [-0.2, 0) is 16.0 Å². The summed E-state index contributed by atoms with van der Waals surface area (Å²) in [5.41, 5.74) is 4.50. The normalized spacial score (nSPS) is 13.2. The highest BCUT2D eigenvalue weighted by molar-refractivity contribution is 9.11. The van der Waals surface area contributed by atoms with Crippen LogP contribution in [0, 0.1) is 0 Å². The van der Waals surface area contributed by atoms with E-state index in [4.69, 9.17) is 4.74 Å². The SMILES string of the molecule is O=C(NC(Cc1ccc(-c2ccc(Br)s2)s1)C(=O)O)OCC1c2ccccc2-c2ccccc21. The highest BCUT2D eigenvalue weighted by atomic mass is 79.9. The minimum absolute atomic E-state index is 0.0774. The van der Waals surface area contributed by atoms with E-state index in [1.807, 2.05) is 60.7 Å². The van der Waals surface area contributed by atoms with Gasteiger partial charge in [-0.2, -0.15) is 0 Å². The Bertz CT molecular complexity index is 1320. The van der Waals surface area contributed by atoms with Crippen molar-refractivity contribution < 1.29 is 19.4 Å². The van der Waals surface area contributed by atoms with Crippen LogP contribution in [0.3, 0.4) is 0 Å². The van der Waals surface area contributed by atoms with Gasteiger partial charge in [-0.05, 0) is 62.4 Å². The first-order valence-electron chi connectivity index (χ1n) is 10.7. The quantitative estimate of drug-likeness (QED) is 0.264. The zero-order chi connectivity index (χ0) is 23.7. The molecule has 5 nitrogen and oxygen atoms in total. The number of carbonyl (C=O) groups excluding carboxylic acids is 1. The van der Waals surface area contributed by atoms with Crippen LogP contribution < -0.4 is 5.32 Å². The third-order valence-electron chi connectivity index (χ3n) is 5.82. The van der Waals surface area contributed by atoms with Crippen molar-refractivity contribution in [2.75, 3.05) is 6.61 Å². The second-order valence-corrected chi connectivity index (χ2v) is 11.6. The molecule has 0 spiro atoms. The van der Waals surface area contributed by atoms with E-state index in [1.165, 1.54) is 11.3 Å². The monoisotopic (exact) mass is 553 g/mol. The van der Waals surface area contributed by atoms with Gasteiger partial charge in [-0.25, -0.2) is 9.59 Å². The third kappa shape index (κ3) is 4.66. The Hall–Kier alpha value is -2.94. The zero-order valence-electron chi connectivity index (χ0n) is 17.9. The smallest absolute Gasteiger partial charge is 0.407 e. The summed E-state index contributed by atoms with van der Waals surface area (Å²) in [6, 6.07) is 23.0. The lowest BCUT2D eigenvalue weighted by atomic mass is 9.98. The summed E-state index contributed by atoms with van der Waals surface area (Å²) in [4.78, 5) is 27.5. The molecule has 2 heterocycles. The minimum atomic E-state index is -1.10. The maximum atomic E-state index is 12.6. The Morgan fingerprint density at radius 1 is 0.912 bits per heavy atom. The summed E-state index contributed by atoms with van der Waals surface area (Å²) < 4.78 is 6.56. The topological polar surface area (TPSA) is 75.6 Å². The number of hydrogen-bond acceptors (Lipinski definition) is 5. The molecule has 1 aliphatic carbocycles. The standard InChI is InChI=1S/C26H20BrNO4S2/c27-24-12-11-23(34-24)22-10-9-15(33-22)13-21(25(29)30)28-26(31)32-14-20-18-7-3-1-5-16(18)17-6-2-4-8-19(17)20/h1-12,20-21H,13-14H2,(H,28,31)(H,29,30). The van der Waals surface area contributed by atoms with Gasteiger partial charge in [-0.3, -0.25) is 0 Å². The average molecular weight is 554 g/mol. The molecule has 5 rings (SSSR count). The van der Waals surface area contributed by atoms with E-state index < -0.39 is 18.1 Å². The van der Waals surface area contributed by atoms with E-state index >= 15 is 0 Å². The van der Waals surface area contributed by atoms with Crippen molar-refractivity contribution in [3.05, 3.63) is 92.6 Å². The Balaban J connectivity index is 1.24. The molecule has 1 amide bonds. The van der Waals surface area contributed by atoms with Crippen molar-refractivity contribution in [1.82, 2.24) is 5.32 Å². The van der Waals surface area contributed by atoms with Crippen molar-refractivity contribution in [2.45, 2.75) is 18.4 Å². The highest BCUT2D eigenvalue weighted by Crippen LogP contribution is 2.44. The number of nitrogens with one attached hydrogen (secondary N) is 1. The molecule has 172 valence electrons. The average Bonchev–Trinajstić information content (AvgIpc) is 3.55. The Labute approximate surface area is 213 Å². The van der Waals surface area contributed by atoms with Crippen molar-refractivity contribution in [3.8, 4) is 20.9 Å². The van der Waals surface area contributed by atoms with Crippen LogP contribution in [0.5, 0.6) is 0 Å². The predicted octanol–water partition coefficient (Wildman–Crippen LogP) is 6.77. The minimum Gasteiger partial charge on any atom is -0.480 e. The van der Waals surface area contributed by atoms with Crippen molar-refractivity contribution in [2.24, 2.45) is 0 Å². The van der Waals surface area contributed by atoms with E-state index in [1.54, 1.807) is 11.3 Å². The molecule has 4 aromatic rings. The summed E-state index contributed by atoms with van der Waals surface area (Å²) in [5, 5.41) is 12.2. The first kappa shape index (κ1) is 22.8. The number of benzene rings is 2. The molecule has 0 saturated carbocycles. The van der Waals surface area contributed by atoms with Crippen LogP contribution in [-0.4, -0.2) is 29.8 Å². The summed E-state index contributed by atoms with van der Waals surface area (Å²) >= 11 is 6.61. The molecule has 0 bridgehead atoms. The number of alkyl carbamates (subject to hydrolysis) is 1. The molecule has 2 N–H and O–H groups in total. The highest BCUT2D eigenvalue weighted by Gasteiger charge is 2.30. The van der Waals surface area contributed by atoms with Crippen molar-refractivity contribution in [1.29, 1.82) is 0 Å². The molecule has 1 unspecified atom stereocenters. The fraction of sp³-hybridized carbons (Fsp3) is 0.154. The molecule has 0 radical (unpaired) electrons. The number of carbonyl (C=O) groups is 2. The number of rotatable bonds is 7. The summed E-state index contributed by atoms with van der Waals surface area (Å²) in [7, 11) is 0. The van der Waals surface area contributed by atoms with Crippen LogP contribution >= 0.6 is 38.6 Å². The van der Waals surface area contributed by atoms with E-state index in [-0.39, 0.29) is 18.9 Å². The lowest BCUT2D eigenvalue weighted by molar-refractivity contribution is -0.139. The van der Waals surface area contributed by atoms with E-state index in [9.17, 15) is 14.7 Å². The van der Waals surface area contributed by atoms with Gasteiger partial charge >= 0.3 is 12.1 Å². The van der Waals surface area contributed by atoms with Crippen LogP contribution in [0.2, 0.25) is 0 Å². The van der Waals surface area contributed by atoms with Crippen molar-refractivity contribution >= 4 is 50.7 Å². The van der Waals surface area contributed by atoms with Gasteiger partial charge in [0.25, 0.3) is 0 Å². The molecule has 2 aromatic heterocycles. The van der Waals surface area contributed by atoms with Crippen LogP contribution in [0.25, 0.3) is 20.9 Å². The van der Waals surface area contributed by atoms with Gasteiger partial charge in [-0.15, -0.1) is 22.7 Å². The van der Waals surface area contributed by atoms with Gasteiger partial charge in [0.15, 0.2) is 0 Å². The Kier molecular flexibility index (Phi) is 6.54. The number of thiophene rings is 2. The predicted molar refractivity (Wildman–Crippen MR) is 139 cm³/mol. The Morgan fingerprint density at radius 2 is 1.53 bits per heavy atom. The van der Waals surface area contributed by atoms with Gasteiger partial charge in [0.1, 0.15) is 12.6 Å². The van der Waals surface area contributed by atoms with Crippen LogP contribution in [0.1, 0.15) is 21.9 Å². The lowest BCUT2D eigenvalue weighted by Crippen LogP contribution is -2.42. The largest absolute Gasteiger partial charge is 0.480 e. The molecular formula is C26H20BrNO4S2. The first-order valence-corrected chi connectivity index (χ1v) is 13.1. The summed E-state index contributed by atoms with van der Waals surface area (Å²) in [5.74, 6) is -1.17. The first-order chi connectivity index (χ1) is 16.5. The second-order valence-electron chi connectivity index (χ2n) is 7.93. The molecule has 8 heteroatoms. The number of fused-ring (bicyclic) bond motifs is 3. The molecule has 1 aliphatic rings. The number of carboxylic acid groups (broad SMARTS) is 1. The molecule has 1 atom stereocenters. The van der Waals surface area contributed by atoms with E-state index in [0.29, 0.717) is 0 Å². The van der Waals surface area contributed by atoms with Crippen LogP contribution in [0.15, 0.2) is 76.6 Å². The van der Waals surface area contributed by atoms with Gasteiger partial charge < -0.3 is 15.2 Å². The Morgan fingerprint density at radius 3 is 2.15 bits per heavy atom. The number of ether oxygens (including phenoxy) is 1. The number of hydrogen-bond donors (Lipinski definition) is 2. The zero-order valence-corrected chi connectivity index (χ0v) is 21.1. The maximum Gasteiger partial charge on any atom is 0.407 e. The van der Waals surface area contributed by atoms with Gasteiger partial charge in [0, 0.05) is 27.0 Å². The number of halogens is 1. The lowest BCUT2D eigenvalue weighted by Gasteiger charge is -2.17. The van der Waals surface area contributed by atoms with Gasteiger partial charge in [0.05, 0.1) is 3.79 Å². The maximum absolute atomic E-state index is 12.6. The summed E-state index contributed by atoms with van der Waals surface area (Å²) in [6.07, 6.45) is -0.537. The van der Waals surface area contributed by atoms with Crippen molar-refractivity contribution in [3.63, 3.8) is 0 Å².